The van der Waals surface area contributed by atoms with E-state index in [0.29, 0.717) is 5.92 Å². The van der Waals surface area contributed by atoms with Gasteiger partial charge >= 0.3 is 7.12 Å². The first-order valence-electron chi connectivity index (χ1n) is 7.50. The molecule has 0 amide bonds. The molecule has 110 valence electrons. The van der Waals surface area contributed by atoms with E-state index in [1.165, 1.54) is 0 Å². The van der Waals surface area contributed by atoms with Gasteiger partial charge in [0.2, 0.25) is 0 Å². The zero-order valence-electron chi connectivity index (χ0n) is 13.8. The Morgan fingerprint density at radius 1 is 1.15 bits per heavy atom. The van der Waals surface area contributed by atoms with Gasteiger partial charge in [-0.25, -0.2) is 0 Å². The van der Waals surface area contributed by atoms with Crippen LogP contribution >= 0.6 is 0 Å². The highest BCUT2D eigenvalue weighted by Crippen LogP contribution is 2.36. The van der Waals surface area contributed by atoms with Crippen molar-refractivity contribution in [1.82, 2.24) is 4.98 Å². The minimum Gasteiger partial charge on any atom is -0.399 e. The molecule has 1 aliphatic rings. The fourth-order valence-electron chi connectivity index (χ4n) is 2.30. The molecule has 20 heavy (non-hydrogen) atoms. The number of rotatable bonds is 3. The van der Waals surface area contributed by atoms with Crippen LogP contribution in [0.15, 0.2) is 12.1 Å². The number of hydrogen-bond donors (Lipinski definition) is 0. The van der Waals surface area contributed by atoms with Crippen LogP contribution in [0.1, 0.15) is 65.3 Å². The monoisotopic (exact) mass is 275 g/mol. The maximum Gasteiger partial charge on any atom is 0.494 e. The van der Waals surface area contributed by atoms with Crippen molar-refractivity contribution < 1.29 is 9.31 Å². The summed E-state index contributed by atoms with van der Waals surface area (Å²) >= 11 is 0. The van der Waals surface area contributed by atoms with Crippen molar-refractivity contribution in [2.24, 2.45) is 0 Å². The molecule has 1 atom stereocenters. The summed E-state index contributed by atoms with van der Waals surface area (Å²) in [6, 6.07) is 4.19. The molecule has 0 bridgehead atoms. The quantitative estimate of drug-likeness (QED) is 0.794. The van der Waals surface area contributed by atoms with Crippen molar-refractivity contribution in [2.75, 3.05) is 0 Å². The minimum atomic E-state index is -0.301. The Hall–Kier alpha value is -0.865. The predicted octanol–water partition coefficient (Wildman–Crippen LogP) is 3.20. The molecule has 4 heteroatoms. The second-order valence-corrected chi connectivity index (χ2v) is 6.86. The zero-order valence-corrected chi connectivity index (χ0v) is 13.8. The van der Waals surface area contributed by atoms with Gasteiger partial charge in [-0.1, -0.05) is 13.8 Å². The van der Waals surface area contributed by atoms with Gasteiger partial charge < -0.3 is 9.31 Å². The summed E-state index contributed by atoms with van der Waals surface area (Å²) in [5.41, 5.74) is 2.62. The lowest BCUT2D eigenvalue weighted by atomic mass is 9.78. The Bertz CT molecular complexity index is 483. The first-order chi connectivity index (χ1) is 9.16. The van der Waals surface area contributed by atoms with Crippen LogP contribution in [0, 0.1) is 6.92 Å². The summed E-state index contributed by atoms with van der Waals surface area (Å²) in [6.45, 7) is 14.7. The van der Waals surface area contributed by atoms with Crippen molar-refractivity contribution >= 4 is 12.6 Å². The van der Waals surface area contributed by atoms with Crippen LogP contribution < -0.4 is 5.46 Å². The molecule has 3 nitrogen and oxygen atoms in total. The Morgan fingerprint density at radius 3 is 2.20 bits per heavy atom. The second kappa shape index (κ2) is 5.16. The number of pyridine rings is 1. The Labute approximate surface area is 123 Å². The van der Waals surface area contributed by atoms with Crippen molar-refractivity contribution in [3.05, 3.63) is 23.5 Å². The molecule has 0 N–H and O–H groups in total. The molecule has 0 aliphatic carbocycles. The van der Waals surface area contributed by atoms with Crippen molar-refractivity contribution in [2.45, 2.75) is 72.0 Å². The van der Waals surface area contributed by atoms with Crippen LogP contribution in [0.4, 0.5) is 0 Å². The molecule has 1 saturated heterocycles. The Morgan fingerprint density at radius 2 is 1.70 bits per heavy atom. The van der Waals surface area contributed by atoms with Gasteiger partial charge in [0.15, 0.2) is 0 Å². The summed E-state index contributed by atoms with van der Waals surface area (Å²) in [5, 5.41) is 0. The zero-order chi connectivity index (χ0) is 15.1. The molecular weight excluding hydrogens is 249 g/mol. The highest BCUT2D eigenvalue weighted by atomic mass is 16.7. The van der Waals surface area contributed by atoms with E-state index >= 15 is 0 Å². The fraction of sp³-hybridized carbons (Fsp3) is 0.688. The molecule has 1 fully saturated rings. The van der Waals surface area contributed by atoms with Crippen molar-refractivity contribution in [3.63, 3.8) is 0 Å². The van der Waals surface area contributed by atoms with Crippen LogP contribution in [-0.4, -0.2) is 23.3 Å². The van der Waals surface area contributed by atoms with E-state index in [-0.39, 0.29) is 18.3 Å². The number of nitrogens with zero attached hydrogens (tertiary/aromatic N) is 1. The van der Waals surface area contributed by atoms with Crippen LogP contribution in [0.5, 0.6) is 0 Å². The highest BCUT2D eigenvalue weighted by Gasteiger charge is 2.51. The largest absolute Gasteiger partial charge is 0.494 e. The molecule has 1 aromatic heterocycles. The molecule has 0 aromatic carbocycles. The van der Waals surface area contributed by atoms with Gasteiger partial charge in [-0.15, -0.1) is 0 Å². The van der Waals surface area contributed by atoms with Gasteiger partial charge in [0, 0.05) is 11.4 Å². The van der Waals surface area contributed by atoms with E-state index in [2.05, 4.69) is 58.7 Å². The van der Waals surface area contributed by atoms with E-state index in [1.807, 2.05) is 6.92 Å². The average Bonchev–Trinajstić information content (AvgIpc) is 2.57. The van der Waals surface area contributed by atoms with E-state index in [1.54, 1.807) is 0 Å². The summed E-state index contributed by atoms with van der Waals surface area (Å²) in [5.74, 6) is 0.455. The summed E-state index contributed by atoms with van der Waals surface area (Å²) in [6.07, 6.45) is 1.08. The van der Waals surface area contributed by atoms with Crippen LogP contribution in [0.25, 0.3) is 0 Å². The van der Waals surface area contributed by atoms with Gasteiger partial charge in [0.25, 0.3) is 0 Å². The first kappa shape index (κ1) is 15.5. The topological polar surface area (TPSA) is 31.4 Å². The summed E-state index contributed by atoms with van der Waals surface area (Å²) in [7, 11) is -0.301. The summed E-state index contributed by atoms with van der Waals surface area (Å²) < 4.78 is 12.2. The van der Waals surface area contributed by atoms with Crippen LogP contribution in [0.2, 0.25) is 0 Å². The molecule has 1 aliphatic heterocycles. The normalized spacial score (nSPS) is 22.1. The van der Waals surface area contributed by atoms with Crippen LogP contribution in [0.3, 0.4) is 0 Å². The van der Waals surface area contributed by atoms with Crippen molar-refractivity contribution in [1.29, 1.82) is 0 Å². The number of hydrogen-bond acceptors (Lipinski definition) is 3. The van der Waals surface area contributed by atoms with Gasteiger partial charge in [-0.3, -0.25) is 4.98 Å². The summed E-state index contributed by atoms with van der Waals surface area (Å²) in [4.78, 5) is 4.64. The number of aryl methyl sites for hydroxylation is 1. The molecule has 0 spiro atoms. The lowest BCUT2D eigenvalue weighted by Gasteiger charge is -2.32. The van der Waals surface area contributed by atoms with Gasteiger partial charge in [0.1, 0.15) is 0 Å². The first-order valence-corrected chi connectivity index (χ1v) is 7.50. The minimum absolute atomic E-state index is 0.300. The molecule has 2 rings (SSSR count). The maximum absolute atomic E-state index is 6.12. The molecule has 2 heterocycles. The van der Waals surface area contributed by atoms with Gasteiger partial charge in [-0.05, 0) is 64.6 Å². The van der Waals surface area contributed by atoms with E-state index in [9.17, 15) is 0 Å². The SMILES string of the molecule is CCC(C)c1cc(B2OC(C)(C)C(C)(C)O2)cc(C)n1. The number of aromatic nitrogens is 1. The Balaban J connectivity index is 2.33. The lowest BCUT2D eigenvalue weighted by Crippen LogP contribution is -2.41. The molecule has 0 radical (unpaired) electrons. The fourth-order valence-corrected chi connectivity index (χ4v) is 2.30. The average molecular weight is 275 g/mol. The van der Waals surface area contributed by atoms with Gasteiger partial charge in [-0.2, -0.15) is 0 Å². The third-order valence-corrected chi connectivity index (χ3v) is 4.64. The third kappa shape index (κ3) is 2.77. The van der Waals surface area contributed by atoms with E-state index in [4.69, 9.17) is 9.31 Å². The third-order valence-electron chi connectivity index (χ3n) is 4.64. The highest BCUT2D eigenvalue weighted by molar-refractivity contribution is 6.62. The smallest absolute Gasteiger partial charge is 0.399 e. The second-order valence-electron chi connectivity index (χ2n) is 6.86. The van der Waals surface area contributed by atoms with Gasteiger partial charge in [0.05, 0.1) is 11.2 Å². The molecule has 1 aromatic rings. The van der Waals surface area contributed by atoms with Crippen molar-refractivity contribution in [3.8, 4) is 0 Å². The molecular formula is C16H26BNO2. The molecule has 0 saturated carbocycles. The van der Waals surface area contributed by atoms with Crippen LogP contribution in [-0.2, 0) is 9.31 Å². The molecule has 1 unspecified atom stereocenters. The Kier molecular flexibility index (Phi) is 4.00. The van der Waals surface area contributed by atoms with E-state index in [0.717, 1.165) is 23.3 Å². The standard InChI is InChI=1S/C16H26BNO2/c1-8-11(2)14-10-13(9-12(3)18-14)17-19-15(4,5)16(6,7)20-17/h9-11H,8H2,1-7H3. The lowest BCUT2D eigenvalue weighted by molar-refractivity contribution is 0.00578. The maximum atomic E-state index is 6.12. The van der Waals surface area contributed by atoms with E-state index < -0.39 is 0 Å². The predicted molar refractivity (Wildman–Crippen MR) is 83.4 cm³/mol.